The van der Waals surface area contributed by atoms with Crippen LogP contribution in [0.3, 0.4) is 0 Å². The maximum absolute atomic E-state index is 14.1. The lowest BCUT2D eigenvalue weighted by molar-refractivity contribution is 0.0841. The number of imidazole rings is 1. The lowest BCUT2D eigenvalue weighted by Gasteiger charge is -2.43. The van der Waals surface area contributed by atoms with E-state index in [4.69, 9.17) is 19.4 Å². The Morgan fingerprint density at radius 2 is 1.85 bits per heavy atom. The van der Waals surface area contributed by atoms with E-state index in [-0.39, 0.29) is 18.0 Å². The molecule has 1 saturated carbocycles. The molecule has 3 aliphatic rings. The maximum atomic E-state index is 14.1. The van der Waals surface area contributed by atoms with Crippen LogP contribution in [0.25, 0.3) is 16.9 Å². The fraction of sp³-hybridized carbons (Fsp3) is 0.519. The molecule has 0 radical (unpaired) electrons. The SMILES string of the molecule is COC(=C1CCC(O)CC1)N1CC(Nc2cc(-n3c(C(F)F)nc4ccccc43)nc(N3CCOCC3)n2)C1. The van der Waals surface area contributed by atoms with Crippen molar-refractivity contribution in [3.63, 3.8) is 0 Å². The molecule has 0 amide bonds. The molecular formula is C27H33F2N7O3. The van der Waals surface area contributed by atoms with E-state index in [0.717, 1.165) is 44.7 Å². The Balaban J connectivity index is 1.29. The number of aliphatic hydroxyl groups excluding tert-OH is 1. The van der Waals surface area contributed by atoms with Crippen molar-refractivity contribution in [1.82, 2.24) is 24.4 Å². The van der Waals surface area contributed by atoms with E-state index in [1.165, 1.54) is 10.1 Å². The minimum Gasteiger partial charge on any atom is -0.482 e. The van der Waals surface area contributed by atoms with Gasteiger partial charge in [-0.15, -0.1) is 0 Å². The average Bonchev–Trinajstić information content (AvgIpc) is 3.33. The van der Waals surface area contributed by atoms with E-state index in [0.29, 0.717) is 54.9 Å². The van der Waals surface area contributed by atoms with E-state index in [1.807, 2.05) is 4.90 Å². The van der Waals surface area contributed by atoms with Gasteiger partial charge in [-0.25, -0.2) is 13.8 Å². The third-order valence-electron chi connectivity index (χ3n) is 7.58. The topological polar surface area (TPSA) is 101 Å². The summed E-state index contributed by atoms with van der Waals surface area (Å²) in [5, 5.41) is 13.3. The number of hydrogen-bond acceptors (Lipinski definition) is 9. The Morgan fingerprint density at radius 3 is 2.56 bits per heavy atom. The van der Waals surface area contributed by atoms with Gasteiger partial charge in [-0.1, -0.05) is 12.1 Å². The van der Waals surface area contributed by atoms with E-state index >= 15 is 0 Å². The van der Waals surface area contributed by atoms with Crippen molar-refractivity contribution in [1.29, 1.82) is 0 Å². The fourth-order valence-electron chi connectivity index (χ4n) is 5.55. The van der Waals surface area contributed by atoms with Crippen LogP contribution in [0.2, 0.25) is 0 Å². The fourth-order valence-corrected chi connectivity index (χ4v) is 5.55. The number of nitrogens with one attached hydrogen (secondary N) is 1. The average molecular weight is 542 g/mol. The van der Waals surface area contributed by atoms with Gasteiger partial charge in [0.1, 0.15) is 11.6 Å². The monoisotopic (exact) mass is 541 g/mol. The van der Waals surface area contributed by atoms with Crippen molar-refractivity contribution in [3.05, 3.63) is 47.6 Å². The van der Waals surface area contributed by atoms with Crippen molar-refractivity contribution >= 4 is 22.8 Å². The van der Waals surface area contributed by atoms with Gasteiger partial charge in [-0.05, 0) is 43.4 Å². The highest BCUT2D eigenvalue weighted by molar-refractivity contribution is 5.78. The molecular weight excluding hydrogens is 508 g/mol. The van der Waals surface area contributed by atoms with Gasteiger partial charge in [-0.2, -0.15) is 9.97 Å². The quantitative estimate of drug-likeness (QED) is 0.436. The largest absolute Gasteiger partial charge is 0.482 e. The number of nitrogens with zero attached hydrogens (tertiary/aromatic N) is 6. The standard InChI is InChI=1S/C27H33F2N7O3/c1-38-26(17-6-8-19(37)9-7-17)35-15-18(16-35)30-22-14-23(33-27(32-22)34-10-12-39-13-11-34)36-21-5-3-2-4-20(21)31-25(36)24(28)29/h2-5,14,18-19,24,37H,6-13,15-16H2,1H3,(H,30,32,33). The smallest absolute Gasteiger partial charge is 0.296 e. The molecule has 3 aromatic rings. The van der Waals surface area contributed by atoms with Gasteiger partial charge in [0.05, 0.1) is 43.5 Å². The number of likely N-dealkylation sites (tertiary alicyclic amines) is 1. The number of methoxy groups -OCH3 is 1. The van der Waals surface area contributed by atoms with Gasteiger partial charge in [0.25, 0.3) is 6.43 Å². The van der Waals surface area contributed by atoms with Crippen molar-refractivity contribution in [3.8, 4) is 5.82 Å². The Labute approximate surface area is 225 Å². The number of anilines is 2. The summed E-state index contributed by atoms with van der Waals surface area (Å²) in [5.41, 5.74) is 2.29. The third-order valence-corrected chi connectivity index (χ3v) is 7.58. The molecule has 2 saturated heterocycles. The number of rotatable bonds is 7. The summed E-state index contributed by atoms with van der Waals surface area (Å²) in [6, 6.07) is 8.88. The molecule has 2 aromatic heterocycles. The maximum Gasteiger partial charge on any atom is 0.296 e. The molecule has 0 spiro atoms. The summed E-state index contributed by atoms with van der Waals surface area (Å²) in [4.78, 5) is 17.9. The molecule has 208 valence electrons. The molecule has 1 aliphatic carbocycles. The number of benzene rings is 1. The second kappa shape index (κ2) is 10.9. The molecule has 12 heteroatoms. The van der Waals surface area contributed by atoms with Crippen LogP contribution in [0, 0.1) is 0 Å². The summed E-state index contributed by atoms with van der Waals surface area (Å²) in [6.07, 6.45) is 0.191. The summed E-state index contributed by atoms with van der Waals surface area (Å²) >= 11 is 0. The van der Waals surface area contributed by atoms with Crippen molar-refractivity contribution in [2.24, 2.45) is 0 Å². The van der Waals surface area contributed by atoms with Crippen LogP contribution in [0.5, 0.6) is 0 Å². The molecule has 6 rings (SSSR count). The first-order chi connectivity index (χ1) is 19.0. The second-order valence-electron chi connectivity index (χ2n) is 10.2. The lowest BCUT2D eigenvalue weighted by atomic mass is 9.92. The number of para-hydroxylation sites is 2. The van der Waals surface area contributed by atoms with Gasteiger partial charge in [0.2, 0.25) is 5.95 Å². The van der Waals surface area contributed by atoms with Crippen LogP contribution < -0.4 is 10.2 Å². The van der Waals surface area contributed by atoms with Crippen LogP contribution >= 0.6 is 0 Å². The molecule has 2 aliphatic heterocycles. The zero-order valence-electron chi connectivity index (χ0n) is 21.9. The molecule has 10 nitrogen and oxygen atoms in total. The number of alkyl halides is 2. The number of fused-ring (bicyclic) bond motifs is 1. The molecule has 0 atom stereocenters. The molecule has 2 N–H and O–H groups in total. The van der Waals surface area contributed by atoms with E-state index in [1.54, 1.807) is 37.4 Å². The lowest BCUT2D eigenvalue weighted by Crippen LogP contribution is -2.54. The van der Waals surface area contributed by atoms with Gasteiger partial charge in [0, 0.05) is 32.2 Å². The normalized spacial score (nSPS) is 20.4. The highest BCUT2D eigenvalue weighted by Gasteiger charge is 2.32. The van der Waals surface area contributed by atoms with Crippen molar-refractivity contribution in [2.75, 3.05) is 56.7 Å². The Kier molecular flexibility index (Phi) is 7.22. The van der Waals surface area contributed by atoms with Crippen molar-refractivity contribution in [2.45, 2.75) is 44.3 Å². The Hall–Kier alpha value is -3.51. The predicted octanol–water partition coefficient (Wildman–Crippen LogP) is 3.48. The summed E-state index contributed by atoms with van der Waals surface area (Å²) in [5.74, 6) is 1.92. The summed E-state index contributed by atoms with van der Waals surface area (Å²) < 4.78 is 40.9. The summed E-state index contributed by atoms with van der Waals surface area (Å²) in [6.45, 7) is 3.78. The Morgan fingerprint density at radius 1 is 1.10 bits per heavy atom. The van der Waals surface area contributed by atoms with Gasteiger partial charge in [-0.3, -0.25) is 4.57 Å². The van der Waals surface area contributed by atoms with E-state index in [2.05, 4.69) is 15.2 Å². The highest BCUT2D eigenvalue weighted by atomic mass is 19.3. The number of allylic oxidation sites excluding steroid dienone is 1. The zero-order chi connectivity index (χ0) is 26.9. The van der Waals surface area contributed by atoms with Gasteiger partial charge >= 0.3 is 0 Å². The van der Waals surface area contributed by atoms with E-state index in [9.17, 15) is 13.9 Å². The highest BCUT2D eigenvalue weighted by Crippen LogP contribution is 2.32. The van der Waals surface area contributed by atoms with Crippen LogP contribution in [0.1, 0.15) is 37.9 Å². The number of aliphatic hydroxyl groups is 1. The Bertz CT molecular complexity index is 1340. The zero-order valence-corrected chi connectivity index (χ0v) is 21.9. The first-order valence-electron chi connectivity index (χ1n) is 13.4. The van der Waals surface area contributed by atoms with Crippen LogP contribution in [-0.4, -0.2) is 88.2 Å². The molecule has 3 fully saturated rings. The number of halogens is 2. The van der Waals surface area contributed by atoms with Gasteiger partial charge in [0.15, 0.2) is 11.7 Å². The number of aromatic nitrogens is 4. The first-order valence-corrected chi connectivity index (χ1v) is 13.4. The number of morpholine rings is 1. The molecule has 39 heavy (non-hydrogen) atoms. The van der Waals surface area contributed by atoms with Crippen LogP contribution in [-0.2, 0) is 9.47 Å². The molecule has 1 aromatic carbocycles. The molecule has 4 heterocycles. The minimum atomic E-state index is -2.77. The number of ether oxygens (including phenoxy) is 2. The van der Waals surface area contributed by atoms with Crippen molar-refractivity contribution < 1.29 is 23.4 Å². The third kappa shape index (κ3) is 5.22. The second-order valence-corrected chi connectivity index (χ2v) is 10.2. The summed E-state index contributed by atoms with van der Waals surface area (Å²) in [7, 11) is 1.69. The predicted molar refractivity (Wildman–Crippen MR) is 142 cm³/mol. The van der Waals surface area contributed by atoms with E-state index < -0.39 is 6.43 Å². The number of hydrogen-bond donors (Lipinski definition) is 2. The molecule has 0 unspecified atom stereocenters. The van der Waals surface area contributed by atoms with Gasteiger partial charge < -0.3 is 29.7 Å². The molecule has 0 bridgehead atoms. The van der Waals surface area contributed by atoms with Crippen LogP contribution in [0.4, 0.5) is 20.5 Å². The van der Waals surface area contributed by atoms with Crippen LogP contribution in [0.15, 0.2) is 41.8 Å². The minimum absolute atomic E-state index is 0.0966. The first kappa shape index (κ1) is 25.8.